The van der Waals surface area contributed by atoms with Gasteiger partial charge in [0.25, 0.3) is 0 Å². The molecule has 4 atom stereocenters. The zero-order chi connectivity index (χ0) is 46.8. The molecule has 16 heteroatoms. The summed E-state index contributed by atoms with van der Waals surface area (Å²) in [4.78, 5) is 39.7. The summed E-state index contributed by atoms with van der Waals surface area (Å²) >= 11 is 1.60. The molecule has 6 aromatic rings. The number of carbonyl (C=O) groups excluding carboxylic acids is 2. The second-order valence-corrected chi connectivity index (χ2v) is 19.3. The molecular formula is C51H59N9O6S. The number of β-amino-alcohol motifs (C(OH)–C–C–N with tert-alkyl or cyclic N) is 1. The van der Waals surface area contributed by atoms with E-state index >= 15 is 0 Å². The molecule has 3 fully saturated rings. The lowest BCUT2D eigenvalue weighted by Gasteiger charge is -2.37. The number of anilines is 3. The average Bonchev–Trinajstić information content (AvgIpc) is 4.10. The summed E-state index contributed by atoms with van der Waals surface area (Å²) in [5, 5.41) is 37.0. The minimum absolute atomic E-state index is 0.0729. The number of benzene rings is 3. The number of aliphatic hydroxyl groups excluding tert-OH is 1. The molecule has 3 aliphatic heterocycles. The van der Waals surface area contributed by atoms with Crippen LogP contribution in [-0.4, -0.2) is 104 Å². The maximum atomic E-state index is 14.3. The van der Waals surface area contributed by atoms with E-state index in [9.17, 15) is 19.8 Å². The van der Waals surface area contributed by atoms with E-state index in [0.29, 0.717) is 28.7 Å². The maximum absolute atomic E-state index is 14.3. The molecule has 0 spiro atoms. The molecule has 67 heavy (non-hydrogen) atoms. The number of aromatic nitrogens is 4. The minimum atomic E-state index is -0.811. The summed E-state index contributed by atoms with van der Waals surface area (Å²) in [6.07, 6.45) is 3.25. The van der Waals surface area contributed by atoms with Crippen LogP contribution in [0.3, 0.4) is 0 Å². The molecule has 6 heterocycles. The van der Waals surface area contributed by atoms with Crippen molar-refractivity contribution in [2.75, 3.05) is 48.3 Å². The number of phenolic OH excluding ortho intramolecular Hbond substituents is 1. The van der Waals surface area contributed by atoms with Crippen LogP contribution in [0, 0.1) is 12.8 Å². The lowest BCUT2D eigenvalue weighted by molar-refractivity contribution is -0.141. The van der Waals surface area contributed by atoms with Crippen LogP contribution in [0.4, 0.5) is 17.3 Å². The van der Waals surface area contributed by atoms with Gasteiger partial charge in [-0.2, -0.15) is 0 Å². The second kappa shape index (κ2) is 19.9. The SMILES string of the molecule is Cc1ncsc1-c1ccc([C@H](C)NC(=O)[C@@H]2C[C@@H](O)CN2C(=O)C(c2cc(N3CCC(OC4CCN(c5ccc(-c6cc(-c7ccccc7O)nnc6N)cc5)CC4)CC3)no2)C(C)C)cc1. The lowest BCUT2D eigenvalue weighted by Crippen LogP contribution is -2.48. The van der Waals surface area contributed by atoms with Crippen molar-refractivity contribution < 1.29 is 29.1 Å². The Balaban J connectivity index is 0.753. The van der Waals surface area contributed by atoms with Crippen LogP contribution < -0.4 is 20.9 Å². The Bertz CT molecular complexity index is 2660. The summed E-state index contributed by atoms with van der Waals surface area (Å²) in [7, 11) is 0. The highest BCUT2D eigenvalue weighted by Crippen LogP contribution is 2.36. The molecule has 0 saturated carbocycles. The fourth-order valence-electron chi connectivity index (χ4n) is 9.74. The Kier molecular flexibility index (Phi) is 13.6. The number of carbonyl (C=O) groups is 2. The van der Waals surface area contributed by atoms with Gasteiger partial charge in [0.15, 0.2) is 17.4 Å². The number of hydrogen-bond acceptors (Lipinski definition) is 14. The van der Waals surface area contributed by atoms with Crippen molar-refractivity contribution in [2.45, 2.75) is 96.1 Å². The first-order chi connectivity index (χ1) is 32.4. The third kappa shape index (κ3) is 10.0. The van der Waals surface area contributed by atoms with Gasteiger partial charge in [-0.1, -0.05) is 67.5 Å². The highest BCUT2D eigenvalue weighted by atomic mass is 32.1. The van der Waals surface area contributed by atoms with Crippen LogP contribution in [0.15, 0.2) is 95.0 Å². The number of aromatic hydroxyl groups is 1. The van der Waals surface area contributed by atoms with Gasteiger partial charge in [0.1, 0.15) is 17.7 Å². The number of aryl methyl sites for hydroxylation is 1. The summed E-state index contributed by atoms with van der Waals surface area (Å²) in [5.41, 5.74) is 15.1. The Morgan fingerprint density at radius 2 is 1.54 bits per heavy atom. The number of piperidine rings is 2. The summed E-state index contributed by atoms with van der Waals surface area (Å²) < 4.78 is 12.6. The number of nitrogen functional groups attached to an aromatic ring is 1. The van der Waals surface area contributed by atoms with E-state index in [2.05, 4.69) is 59.7 Å². The largest absolute Gasteiger partial charge is 0.507 e. The monoisotopic (exact) mass is 925 g/mol. The van der Waals surface area contributed by atoms with Gasteiger partial charge in [-0.25, -0.2) is 4.98 Å². The van der Waals surface area contributed by atoms with E-state index in [4.69, 9.17) is 15.0 Å². The molecule has 0 aliphatic carbocycles. The van der Waals surface area contributed by atoms with Gasteiger partial charge in [-0.3, -0.25) is 9.59 Å². The van der Waals surface area contributed by atoms with Gasteiger partial charge in [-0.05, 0) is 92.5 Å². The predicted molar refractivity (Wildman–Crippen MR) is 260 cm³/mol. The van der Waals surface area contributed by atoms with Crippen LogP contribution >= 0.6 is 11.3 Å². The molecule has 3 aliphatic rings. The van der Waals surface area contributed by atoms with E-state index in [1.807, 2.05) is 75.7 Å². The number of nitrogens with two attached hydrogens (primary N) is 1. The number of likely N-dealkylation sites (tertiary alicyclic amines) is 1. The van der Waals surface area contributed by atoms with Gasteiger partial charge in [0, 0.05) is 62.0 Å². The first kappa shape index (κ1) is 45.8. The number of aliphatic hydroxyl groups is 1. The van der Waals surface area contributed by atoms with Crippen LogP contribution in [-0.2, 0) is 14.3 Å². The van der Waals surface area contributed by atoms with Crippen molar-refractivity contribution in [3.05, 3.63) is 107 Å². The van der Waals surface area contributed by atoms with Crippen molar-refractivity contribution in [2.24, 2.45) is 5.92 Å². The quantitative estimate of drug-likeness (QED) is 0.0879. The van der Waals surface area contributed by atoms with Crippen LogP contribution in [0.1, 0.15) is 81.9 Å². The van der Waals surface area contributed by atoms with Gasteiger partial charge < -0.3 is 45.2 Å². The highest BCUT2D eigenvalue weighted by Gasteiger charge is 2.44. The molecule has 15 nitrogen and oxygen atoms in total. The Morgan fingerprint density at radius 3 is 2.19 bits per heavy atom. The molecule has 2 amide bonds. The van der Waals surface area contributed by atoms with Crippen molar-refractivity contribution in [1.29, 1.82) is 0 Å². The molecule has 5 N–H and O–H groups in total. The number of amides is 2. The van der Waals surface area contributed by atoms with E-state index in [1.54, 1.807) is 29.5 Å². The van der Waals surface area contributed by atoms with E-state index in [1.165, 1.54) is 4.90 Å². The van der Waals surface area contributed by atoms with Gasteiger partial charge >= 0.3 is 0 Å². The van der Waals surface area contributed by atoms with Gasteiger partial charge in [0.05, 0.1) is 46.1 Å². The first-order valence-electron chi connectivity index (χ1n) is 23.3. The number of thiazole rings is 1. The summed E-state index contributed by atoms with van der Waals surface area (Å²) in [5.74, 6) is 0.243. The molecule has 1 unspecified atom stereocenters. The molecule has 3 aromatic heterocycles. The molecular weight excluding hydrogens is 867 g/mol. The molecule has 9 rings (SSSR count). The molecule has 3 aromatic carbocycles. The standard InChI is InChI=1S/C51H59N9O6S/c1-30(2)47(51(64)60-28-37(61)25-43(60)50(63)54-31(3)33-9-11-35(12-10-33)48-32(4)53-29-67-48)45-27-46(57-66-45)59-23-19-39(20-24-59)65-38-17-21-58(22-18-38)36-15-13-34(14-16-36)41-26-42(55-56-49(41)52)40-7-5-6-8-44(40)62/h5-16,26-27,29-31,37-39,43,47,61-62H,17-25,28H2,1-4H3,(H2,52,56)(H,54,63)/t31-,37+,43-,47?/m0/s1. The third-order valence-electron chi connectivity index (χ3n) is 13.5. The predicted octanol–water partition coefficient (Wildman–Crippen LogP) is 7.75. The maximum Gasteiger partial charge on any atom is 0.243 e. The molecule has 350 valence electrons. The second-order valence-electron chi connectivity index (χ2n) is 18.4. The Hall–Kier alpha value is -6.36. The topological polar surface area (TPSA) is 196 Å². The number of hydrogen-bond donors (Lipinski definition) is 4. The molecule has 3 saturated heterocycles. The van der Waals surface area contributed by atoms with Gasteiger partial charge in [0.2, 0.25) is 11.8 Å². The van der Waals surface area contributed by atoms with Gasteiger partial charge in [-0.15, -0.1) is 21.5 Å². The molecule has 0 bridgehead atoms. The number of nitrogens with one attached hydrogen (secondary N) is 1. The lowest BCUT2D eigenvalue weighted by atomic mass is 9.91. The van der Waals surface area contributed by atoms with Crippen molar-refractivity contribution in [3.63, 3.8) is 0 Å². The average molecular weight is 926 g/mol. The minimum Gasteiger partial charge on any atom is -0.507 e. The number of para-hydroxylation sites is 1. The van der Waals surface area contributed by atoms with Crippen LogP contribution in [0.2, 0.25) is 0 Å². The van der Waals surface area contributed by atoms with Crippen molar-refractivity contribution >= 4 is 40.5 Å². The Labute approximate surface area is 395 Å². The smallest absolute Gasteiger partial charge is 0.243 e. The van der Waals surface area contributed by atoms with E-state index in [0.717, 1.165) is 90.4 Å². The van der Waals surface area contributed by atoms with E-state index < -0.39 is 18.1 Å². The highest BCUT2D eigenvalue weighted by molar-refractivity contribution is 7.13. The third-order valence-corrected chi connectivity index (χ3v) is 14.5. The normalized spacial score (nSPS) is 19.2. The summed E-state index contributed by atoms with van der Waals surface area (Å²) in [6, 6.07) is 26.1. The fourth-order valence-corrected chi connectivity index (χ4v) is 10.6. The number of rotatable bonds is 13. The van der Waals surface area contributed by atoms with Crippen LogP contribution in [0.25, 0.3) is 32.8 Å². The molecule has 0 radical (unpaired) electrons. The van der Waals surface area contributed by atoms with E-state index in [-0.39, 0.29) is 54.7 Å². The van der Waals surface area contributed by atoms with Crippen molar-refractivity contribution in [3.8, 4) is 38.6 Å². The zero-order valence-corrected chi connectivity index (χ0v) is 39.2. The number of nitrogens with zero attached hydrogens (tertiary/aromatic N) is 7. The van der Waals surface area contributed by atoms with Crippen LogP contribution in [0.5, 0.6) is 5.75 Å². The first-order valence-corrected chi connectivity index (χ1v) is 24.2. The fraction of sp³-hybridized carbons (Fsp3) is 0.412. The zero-order valence-electron chi connectivity index (χ0n) is 38.4. The summed E-state index contributed by atoms with van der Waals surface area (Å²) in [6.45, 7) is 11.2. The van der Waals surface area contributed by atoms with Crippen molar-refractivity contribution in [1.82, 2.24) is 30.6 Å². The Morgan fingerprint density at radius 1 is 0.866 bits per heavy atom. The number of ether oxygens (including phenoxy) is 1. The number of phenols is 1.